The van der Waals surface area contributed by atoms with Crippen molar-refractivity contribution < 1.29 is 40.3 Å². The number of sulfonamides is 1. The zero-order valence-corrected chi connectivity index (χ0v) is 14.7. The van der Waals surface area contributed by atoms with Gasteiger partial charge in [0, 0.05) is 12.6 Å². The summed E-state index contributed by atoms with van der Waals surface area (Å²) in [6.45, 7) is -0.424. The molecule has 2 aromatic rings. The van der Waals surface area contributed by atoms with Gasteiger partial charge in [-0.05, 0) is 30.5 Å². The van der Waals surface area contributed by atoms with Gasteiger partial charge in [0.05, 0.1) is 5.56 Å². The van der Waals surface area contributed by atoms with E-state index >= 15 is 0 Å². The molecule has 11 heteroatoms. The molecule has 0 aliphatic heterocycles. The Morgan fingerprint density at radius 1 is 0.929 bits per heavy atom. The van der Waals surface area contributed by atoms with Gasteiger partial charge >= 0.3 is 5.97 Å². The number of hydrogen-bond acceptors (Lipinski definition) is 3. The van der Waals surface area contributed by atoms with Gasteiger partial charge in [0.15, 0.2) is 28.2 Å². The minimum Gasteiger partial charge on any atom is -0.478 e. The summed E-state index contributed by atoms with van der Waals surface area (Å²) in [7, 11) is -5.07. The third-order valence-electron chi connectivity index (χ3n) is 4.23. The number of benzene rings is 2. The molecule has 3 rings (SSSR count). The Morgan fingerprint density at radius 2 is 1.39 bits per heavy atom. The molecule has 5 nitrogen and oxygen atoms in total. The van der Waals surface area contributed by atoms with Crippen LogP contribution >= 0.6 is 0 Å². The van der Waals surface area contributed by atoms with E-state index in [1.807, 2.05) is 0 Å². The quantitative estimate of drug-likeness (QED) is 0.441. The van der Waals surface area contributed by atoms with Crippen LogP contribution in [-0.4, -0.2) is 29.8 Å². The third kappa shape index (κ3) is 3.47. The summed E-state index contributed by atoms with van der Waals surface area (Å²) in [6.07, 6.45) is 0.698. The first kappa shape index (κ1) is 20.2. The van der Waals surface area contributed by atoms with Crippen molar-refractivity contribution in [3.8, 4) is 0 Å². The number of hydrogen-bond donors (Lipinski definition) is 1. The number of carboxylic acids is 1. The van der Waals surface area contributed by atoms with E-state index < -0.39 is 62.6 Å². The molecule has 0 amide bonds. The fourth-order valence-electron chi connectivity index (χ4n) is 2.63. The number of halogens is 5. The van der Waals surface area contributed by atoms with Gasteiger partial charge in [-0.1, -0.05) is 12.1 Å². The molecule has 150 valence electrons. The maximum atomic E-state index is 14.0. The lowest BCUT2D eigenvalue weighted by atomic mass is 10.1. The second-order valence-corrected chi connectivity index (χ2v) is 8.01. The number of aromatic carboxylic acids is 1. The minimum absolute atomic E-state index is 0.0654. The predicted octanol–water partition coefficient (Wildman–Crippen LogP) is 3.43. The minimum atomic E-state index is -5.07. The average Bonchev–Trinajstić information content (AvgIpc) is 3.48. The van der Waals surface area contributed by atoms with E-state index in [4.69, 9.17) is 5.11 Å². The second-order valence-electron chi connectivity index (χ2n) is 6.18. The summed E-state index contributed by atoms with van der Waals surface area (Å²) in [4.78, 5) is 8.97. The van der Waals surface area contributed by atoms with Crippen LogP contribution in [0.4, 0.5) is 22.0 Å². The van der Waals surface area contributed by atoms with Gasteiger partial charge in [0.2, 0.25) is 15.8 Å². The number of carboxylic acid groups (broad SMARTS) is 1. The zero-order chi connectivity index (χ0) is 20.8. The largest absolute Gasteiger partial charge is 0.478 e. The molecular weight excluding hydrogens is 409 g/mol. The van der Waals surface area contributed by atoms with Gasteiger partial charge < -0.3 is 5.11 Å². The van der Waals surface area contributed by atoms with Crippen LogP contribution in [0.15, 0.2) is 29.2 Å². The van der Waals surface area contributed by atoms with Crippen molar-refractivity contribution in [1.82, 2.24) is 4.31 Å². The SMILES string of the molecule is O=C(O)c1ccc(CN(C2CC2)S(=O)(=O)c2c(F)c(F)c(F)c(F)c2F)cc1. The third-order valence-corrected chi connectivity index (χ3v) is 6.15. The average molecular weight is 421 g/mol. The first-order valence-corrected chi connectivity index (χ1v) is 9.35. The molecule has 1 aliphatic carbocycles. The highest BCUT2D eigenvalue weighted by Gasteiger charge is 2.43. The van der Waals surface area contributed by atoms with E-state index in [1.54, 1.807) is 0 Å². The molecule has 0 spiro atoms. The first-order chi connectivity index (χ1) is 13.1. The molecule has 2 aromatic carbocycles. The Morgan fingerprint density at radius 3 is 1.82 bits per heavy atom. The van der Waals surface area contributed by atoms with E-state index in [1.165, 1.54) is 24.3 Å². The standard InChI is InChI=1S/C17H12F5NO4S/c18-11-12(19)14(21)16(15(22)13(11)20)28(26,27)23(10-5-6-10)7-8-1-3-9(4-2-8)17(24)25/h1-4,10H,5-7H2,(H,24,25). The Labute approximate surface area is 156 Å². The van der Waals surface area contributed by atoms with Crippen molar-refractivity contribution in [3.63, 3.8) is 0 Å². The van der Waals surface area contributed by atoms with Crippen molar-refractivity contribution in [2.75, 3.05) is 0 Å². The summed E-state index contributed by atoms with van der Waals surface area (Å²) in [5, 5.41) is 8.88. The Balaban J connectivity index is 2.04. The first-order valence-electron chi connectivity index (χ1n) is 7.91. The van der Waals surface area contributed by atoms with E-state index in [0.29, 0.717) is 17.1 Å². The van der Waals surface area contributed by atoms with E-state index in [0.717, 1.165) is 0 Å². The van der Waals surface area contributed by atoms with Gasteiger partial charge in [0.25, 0.3) is 0 Å². The van der Waals surface area contributed by atoms with Crippen LogP contribution in [-0.2, 0) is 16.6 Å². The summed E-state index contributed by atoms with van der Waals surface area (Å²) in [5.74, 6) is -13.2. The summed E-state index contributed by atoms with van der Waals surface area (Å²) < 4.78 is 94.4. The summed E-state index contributed by atoms with van der Waals surface area (Å²) >= 11 is 0. The van der Waals surface area contributed by atoms with Crippen molar-refractivity contribution >= 4 is 16.0 Å². The topological polar surface area (TPSA) is 74.7 Å². The lowest BCUT2D eigenvalue weighted by molar-refractivity contribution is 0.0697. The lowest BCUT2D eigenvalue weighted by Crippen LogP contribution is -2.34. The summed E-state index contributed by atoms with van der Waals surface area (Å²) in [5.41, 5.74) is 0.216. The fraction of sp³-hybridized carbons (Fsp3) is 0.235. The fourth-order valence-corrected chi connectivity index (χ4v) is 4.42. The highest BCUT2D eigenvalue weighted by molar-refractivity contribution is 7.89. The molecule has 0 saturated heterocycles. The maximum Gasteiger partial charge on any atom is 0.335 e. The van der Waals surface area contributed by atoms with Crippen LogP contribution in [0, 0.1) is 29.1 Å². The molecule has 0 atom stereocenters. The highest BCUT2D eigenvalue weighted by Crippen LogP contribution is 2.36. The predicted molar refractivity (Wildman–Crippen MR) is 85.4 cm³/mol. The van der Waals surface area contributed by atoms with Crippen LogP contribution < -0.4 is 0 Å². The Bertz CT molecular complexity index is 1020. The molecule has 0 aromatic heterocycles. The van der Waals surface area contributed by atoms with Crippen LogP contribution in [0.5, 0.6) is 0 Å². The molecule has 1 fully saturated rings. The summed E-state index contributed by atoms with van der Waals surface area (Å²) in [6, 6.07) is 4.33. The highest BCUT2D eigenvalue weighted by atomic mass is 32.2. The van der Waals surface area contributed by atoms with Crippen LogP contribution in [0.2, 0.25) is 0 Å². The maximum absolute atomic E-state index is 14.0. The smallest absolute Gasteiger partial charge is 0.335 e. The van der Waals surface area contributed by atoms with Crippen LogP contribution in [0.25, 0.3) is 0 Å². The molecule has 0 unspecified atom stereocenters. The van der Waals surface area contributed by atoms with Crippen molar-refractivity contribution in [1.29, 1.82) is 0 Å². The number of carbonyl (C=O) groups is 1. The van der Waals surface area contributed by atoms with E-state index in [-0.39, 0.29) is 11.1 Å². The normalized spacial score (nSPS) is 14.5. The molecule has 1 saturated carbocycles. The van der Waals surface area contributed by atoms with Crippen LogP contribution in [0.3, 0.4) is 0 Å². The second kappa shape index (κ2) is 7.13. The van der Waals surface area contributed by atoms with Gasteiger partial charge in [-0.15, -0.1) is 0 Å². The molecular formula is C17H12F5NO4S. The molecule has 0 heterocycles. The van der Waals surface area contributed by atoms with Gasteiger partial charge in [-0.2, -0.15) is 4.31 Å². The Hall–Kier alpha value is -2.53. The molecule has 28 heavy (non-hydrogen) atoms. The van der Waals surface area contributed by atoms with Gasteiger partial charge in [0.1, 0.15) is 0 Å². The molecule has 0 radical (unpaired) electrons. The van der Waals surface area contributed by atoms with Crippen molar-refractivity contribution in [2.24, 2.45) is 0 Å². The molecule has 1 N–H and O–H groups in total. The van der Waals surface area contributed by atoms with Gasteiger partial charge in [-0.25, -0.2) is 35.2 Å². The monoisotopic (exact) mass is 421 g/mol. The molecule has 0 bridgehead atoms. The molecule has 1 aliphatic rings. The zero-order valence-electron chi connectivity index (χ0n) is 13.9. The van der Waals surface area contributed by atoms with Crippen molar-refractivity contribution in [2.45, 2.75) is 30.3 Å². The van der Waals surface area contributed by atoms with Crippen molar-refractivity contribution in [3.05, 3.63) is 64.5 Å². The lowest BCUT2D eigenvalue weighted by Gasteiger charge is -2.23. The van der Waals surface area contributed by atoms with Crippen LogP contribution in [0.1, 0.15) is 28.8 Å². The van der Waals surface area contributed by atoms with E-state index in [2.05, 4.69) is 0 Å². The number of rotatable bonds is 6. The van der Waals surface area contributed by atoms with Gasteiger partial charge in [-0.3, -0.25) is 0 Å². The number of nitrogens with zero attached hydrogens (tertiary/aromatic N) is 1. The van der Waals surface area contributed by atoms with E-state index in [9.17, 15) is 35.2 Å². The Kier molecular flexibility index (Phi) is 5.15.